The maximum Gasteiger partial charge on any atom is 0.233 e. The third-order valence-electron chi connectivity index (χ3n) is 4.21. The number of rotatable bonds is 8. The van der Waals surface area contributed by atoms with Crippen LogP contribution in [0.15, 0.2) is 89.8 Å². The molecular formula is C23H23NO2S. The van der Waals surface area contributed by atoms with Crippen molar-refractivity contribution in [2.24, 2.45) is 0 Å². The molecule has 3 aromatic rings. The van der Waals surface area contributed by atoms with E-state index in [1.807, 2.05) is 65.6 Å². The molecule has 0 saturated carbocycles. The molecule has 0 bridgehead atoms. The summed E-state index contributed by atoms with van der Waals surface area (Å²) in [5.41, 5.74) is 2.27. The lowest BCUT2D eigenvalue weighted by molar-refractivity contribution is -0.129. The zero-order valence-corrected chi connectivity index (χ0v) is 16.2. The summed E-state index contributed by atoms with van der Waals surface area (Å²) in [4.78, 5) is 15.9. The molecule has 0 fully saturated rings. The van der Waals surface area contributed by atoms with Crippen LogP contribution in [0.4, 0.5) is 0 Å². The van der Waals surface area contributed by atoms with Gasteiger partial charge in [0.05, 0.1) is 12.9 Å². The number of carbonyl (C=O) groups is 1. The second-order valence-electron chi connectivity index (χ2n) is 6.19. The summed E-state index contributed by atoms with van der Waals surface area (Å²) in [5.74, 6) is 1.36. The van der Waals surface area contributed by atoms with Gasteiger partial charge in [-0.1, -0.05) is 60.7 Å². The van der Waals surface area contributed by atoms with Crippen LogP contribution >= 0.6 is 11.8 Å². The van der Waals surface area contributed by atoms with Gasteiger partial charge in [-0.3, -0.25) is 4.79 Å². The highest BCUT2D eigenvalue weighted by molar-refractivity contribution is 8.00. The molecule has 0 heterocycles. The molecule has 4 heteroatoms. The van der Waals surface area contributed by atoms with Gasteiger partial charge in [-0.15, -0.1) is 11.8 Å². The van der Waals surface area contributed by atoms with Gasteiger partial charge in [0.15, 0.2) is 0 Å². The number of nitrogens with zero attached hydrogens (tertiary/aromatic N) is 1. The predicted octanol–water partition coefficient (Wildman–Crippen LogP) is 5.02. The van der Waals surface area contributed by atoms with Gasteiger partial charge in [-0.25, -0.2) is 0 Å². The molecule has 3 rings (SSSR count). The van der Waals surface area contributed by atoms with E-state index < -0.39 is 0 Å². The number of methoxy groups -OCH3 is 1. The third-order valence-corrected chi connectivity index (χ3v) is 5.20. The van der Waals surface area contributed by atoms with Crippen LogP contribution in [0.25, 0.3) is 0 Å². The van der Waals surface area contributed by atoms with Crippen molar-refractivity contribution in [1.82, 2.24) is 4.90 Å². The highest BCUT2D eigenvalue weighted by Crippen LogP contribution is 2.22. The molecule has 0 aromatic heterocycles. The van der Waals surface area contributed by atoms with Crippen molar-refractivity contribution >= 4 is 17.7 Å². The van der Waals surface area contributed by atoms with Crippen molar-refractivity contribution in [3.63, 3.8) is 0 Å². The summed E-state index contributed by atoms with van der Waals surface area (Å²) in [7, 11) is 1.65. The molecule has 0 aliphatic rings. The first-order valence-electron chi connectivity index (χ1n) is 8.87. The van der Waals surface area contributed by atoms with E-state index in [-0.39, 0.29) is 5.91 Å². The second kappa shape index (κ2) is 9.83. The van der Waals surface area contributed by atoms with Crippen molar-refractivity contribution in [2.45, 2.75) is 18.0 Å². The van der Waals surface area contributed by atoms with Crippen molar-refractivity contribution < 1.29 is 9.53 Å². The number of carbonyl (C=O) groups excluding carboxylic acids is 1. The van der Waals surface area contributed by atoms with E-state index in [1.165, 1.54) is 0 Å². The maximum atomic E-state index is 12.9. The molecule has 1 amide bonds. The van der Waals surface area contributed by atoms with E-state index in [0.29, 0.717) is 18.8 Å². The van der Waals surface area contributed by atoms with Crippen LogP contribution in [0, 0.1) is 0 Å². The first-order valence-corrected chi connectivity index (χ1v) is 9.85. The molecule has 0 atom stereocenters. The van der Waals surface area contributed by atoms with E-state index in [2.05, 4.69) is 24.3 Å². The first-order chi connectivity index (χ1) is 13.2. The zero-order chi connectivity index (χ0) is 18.9. The van der Waals surface area contributed by atoms with Gasteiger partial charge in [0.1, 0.15) is 5.75 Å². The predicted molar refractivity (Wildman–Crippen MR) is 111 cm³/mol. The Labute approximate surface area is 165 Å². The highest BCUT2D eigenvalue weighted by atomic mass is 32.2. The smallest absolute Gasteiger partial charge is 0.233 e. The van der Waals surface area contributed by atoms with Gasteiger partial charge in [0.25, 0.3) is 0 Å². The molecule has 138 valence electrons. The van der Waals surface area contributed by atoms with Crippen LogP contribution < -0.4 is 4.74 Å². The molecule has 0 saturated heterocycles. The summed E-state index contributed by atoms with van der Waals surface area (Å²) in [5, 5.41) is 0. The van der Waals surface area contributed by atoms with Crippen LogP contribution in [0.2, 0.25) is 0 Å². The zero-order valence-electron chi connectivity index (χ0n) is 15.4. The number of ether oxygens (including phenoxy) is 1. The number of hydrogen-bond donors (Lipinski definition) is 0. The Hall–Kier alpha value is -2.72. The Bertz CT molecular complexity index is 794. The second-order valence-corrected chi connectivity index (χ2v) is 7.23. The van der Waals surface area contributed by atoms with E-state index in [4.69, 9.17) is 4.74 Å². The van der Waals surface area contributed by atoms with E-state index in [1.54, 1.807) is 18.9 Å². The van der Waals surface area contributed by atoms with Crippen LogP contribution in [0.3, 0.4) is 0 Å². The van der Waals surface area contributed by atoms with Crippen molar-refractivity contribution in [3.05, 3.63) is 96.1 Å². The van der Waals surface area contributed by atoms with Crippen molar-refractivity contribution in [1.29, 1.82) is 0 Å². The lowest BCUT2D eigenvalue weighted by Crippen LogP contribution is -2.31. The van der Waals surface area contributed by atoms with Crippen LogP contribution in [0.5, 0.6) is 5.75 Å². The standard InChI is InChI=1S/C23H23NO2S/c1-26-21-12-14-22(15-13-21)27-18-23(25)24(16-19-8-4-2-5-9-19)17-20-10-6-3-7-11-20/h2-15H,16-18H2,1H3. The molecule has 0 unspecified atom stereocenters. The summed E-state index contributed by atoms with van der Waals surface area (Å²) in [6, 6.07) is 28.0. The minimum Gasteiger partial charge on any atom is -0.497 e. The van der Waals surface area contributed by atoms with Gasteiger partial charge in [-0.2, -0.15) is 0 Å². The quantitative estimate of drug-likeness (QED) is 0.517. The Morgan fingerprint density at radius 1 is 0.815 bits per heavy atom. The molecule has 27 heavy (non-hydrogen) atoms. The average molecular weight is 378 g/mol. The van der Waals surface area contributed by atoms with Crippen LogP contribution in [0.1, 0.15) is 11.1 Å². The fourth-order valence-corrected chi connectivity index (χ4v) is 3.55. The fraction of sp³-hybridized carbons (Fsp3) is 0.174. The number of hydrogen-bond acceptors (Lipinski definition) is 3. The highest BCUT2D eigenvalue weighted by Gasteiger charge is 2.15. The Morgan fingerprint density at radius 3 is 1.81 bits per heavy atom. The maximum absolute atomic E-state index is 12.9. The molecule has 3 aromatic carbocycles. The summed E-state index contributed by atoms with van der Waals surface area (Å²) in [6.07, 6.45) is 0. The molecular weight excluding hydrogens is 354 g/mol. The van der Waals surface area contributed by atoms with Crippen LogP contribution in [-0.2, 0) is 17.9 Å². The number of amides is 1. The Morgan fingerprint density at radius 2 is 1.33 bits per heavy atom. The molecule has 3 nitrogen and oxygen atoms in total. The third kappa shape index (κ3) is 5.90. The van der Waals surface area contributed by atoms with Crippen molar-refractivity contribution in [2.75, 3.05) is 12.9 Å². The minimum absolute atomic E-state index is 0.128. The minimum atomic E-state index is 0.128. The largest absolute Gasteiger partial charge is 0.497 e. The van der Waals surface area contributed by atoms with Crippen LogP contribution in [-0.4, -0.2) is 23.7 Å². The molecule has 0 radical (unpaired) electrons. The van der Waals surface area contributed by atoms with Gasteiger partial charge in [0.2, 0.25) is 5.91 Å². The van der Waals surface area contributed by atoms with E-state index in [0.717, 1.165) is 21.8 Å². The van der Waals surface area contributed by atoms with Gasteiger partial charge < -0.3 is 9.64 Å². The molecule has 0 aliphatic carbocycles. The van der Waals surface area contributed by atoms with Gasteiger partial charge in [-0.05, 0) is 35.4 Å². The first kappa shape index (κ1) is 19.1. The average Bonchev–Trinajstić information content (AvgIpc) is 2.73. The Balaban J connectivity index is 1.67. The van der Waals surface area contributed by atoms with Crippen molar-refractivity contribution in [3.8, 4) is 5.75 Å². The van der Waals surface area contributed by atoms with E-state index in [9.17, 15) is 4.79 Å². The van der Waals surface area contributed by atoms with E-state index >= 15 is 0 Å². The SMILES string of the molecule is COc1ccc(SCC(=O)N(Cc2ccccc2)Cc2ccccc2)cc1. The monoisotopic (exact) mass is 377 g/mol. The summed E-state index contributed by atoms with van der Waals surface area (Å²) < 4.78 is 5.18. The normalized spacial score (nSPS) is 10.4. The number of thioether (sulfide) groups is 1. The number of benzene rings is 3. The lowest BCUT2D eigenvalue weighted by Gasteiger charge is -2.23. The summed E-state index contributed by atoms with van der Waals surface area (Å²) >= 11 is 1.55. The Kier molecular flexibility index (Phi) is 6.94. The molecule has 0 spiro atoms. The van der Waals surface area contributed by atoms with Gasteiger partial charge >= 0.3 is 0 Å². The molecule has 0 aliphatic heterocycles. The van der Waals surface area contributed by atoms with Gasteiger partial charge in [0, 0.05) is 18.0 Å². The topological polar surface area (TPSA) is 29.5 Å². The summed E-state index contributed by atoms with van der Waals surface area (Å²) in [6.45, 7) is 1.22. The fourth-order valence-electron chi connectivity index (χ4n) is 2.75. The molecule has 0 N–H and O–H groups in total. The lowest BCUT2D eigenvalue weighted by atomic mass is 10.1.